The molecule has 1 saturated carbocycles. The van der Waals surface area contributed by atoms with Crippen molar-refractivity contribution in [3.05, 3.63) is 0 Å². The van der Waals surface area contributed by atoms with Crippen molar-refractivity contribution in [1.29, 1.82) is 0 Å². The van der Waals surface area contributed by atoms with Gasteiger partial charge >= 0.3 is 0 Å². The van der Waals surface area contributed by atoms with E-state index in [0.717, 1.165) is 37.2 Å². The van der Waals surface area contributed by atoms with Gasteiger partial charge in [0, 0.05) is 18.5 Å². The fourth-order valence-corrected chi connectivity index (χ4v) is 5.41. The largest absolute Gasteiger partial charge is 0.324 e. The Morgan fingerprint density at radius 2 is 1.67 bits per heavy atom. The van der Waals surface area contributed by atoms with Crippen LogP contribution in [0.25, 0.3) is 0 Å². The van der Waals surface area contributed by atoms with Crippen molar-refractivity contribution in [1.82, 2.24) is 0 Å². The van der Waals surface area contributed by atoms with E-state index in [2.05, 4.69) is 13.8 Å². The van der Waals surface area contributed by atoms with E-state index in [1.807, 2.05) is 0 Å². The van der Waals surface area contributed by atoms with E-state index in [1.165, 1.54) is 12.8 Å². The summed E-state index contributed by atoms with van der Waals surface area (Å²) in [7, 11) is -1.71. The van der Waals surface area contributed by atoms with Crippen LogP contribution in [0.2, 0.25) is 0 Å². The second-order valence-corrected chi connectivity index (χ2v) is 7.51. The molecule has 0 saturated heterocycles. The lowest BCUT2D eigenvalue weighted by atomic mass is 10.5. The quantitative estimate of drug-likeness (QED) is 0.582. The zero-order valence-electron chi connectivity index (χ0n) is 8.38. The SMILES string of the molecule is CCCP(=O)(CCC)CC1CC1. The first kappa shape index (κ1) is 10.3. The Labute approximate surface area is 76.3 Å². The van der Waals surface area contributed by atoms with Crippen LogP contribution in [-0.2, 0) is 4.57 Å². The first-order valence-electron chi connectivity index (χ1n) is 5.27. The van der Waals surface area contributed by atoms with E-state index in [1.54, 1.807) is 0 Å². The molecule has 0 spiro atoms. The molecule has 0 aromatic carbocycles. The smallest absolute Gasteiger partial charge is 0.0880 e. The van der Waals surface area contributed by atoms with Crippen molar-refractivity contribution >= 4 is 7.14 Å². The summed E-state index contributed by atoms with van der Waals surface area (Å²) in [6.07, 6.45) is 7.95. The van der Waals surface area contributed by atoms with Crippen LogP contribution in [0.5, 0.6) is 0 Å². The maximum Gasteiger partial charge on any atom is 0.0880 e. The lowest BCUT2D eigenvalue weighted by Gasteiger charge is -2.15. The molecule has 0 aromatic heterocycles. The molecule has 0 atom stereocenters. The minimum absolute atomic E-state index is 0.842. The molecule has 1 aliphatic carbocycles. The fourth-order valence-electron chi connectivity index (χ4n) is 1.88. The van der Waals surface area contributed by atoms with E-state index >= 15 is 0 Å². The minimum atomic E-state index is -1.71. The molecule has 0 aliphatic heterocycles. The van der Waals surface area contributed by atoms with E-state index in [-0.39, 0.29) is 0 Å². The summed E-state index contributed by atoms with van der Waals surface area (Å²) in [6.45, 7) is 4.30. The predicted molar refractivity (Wildman–Crippen MR) is 55.5 cm³/mol. The molecule has 0 unspecified atom stereocenters. The van der Waals surface area contributed by atoms with Crippen LogP contribution >= 0.6 is 7.14 Å². The number of rotatable bonds is 6. The van der Waals surface area contributed by atoms with Gasteiger partial charge in [-0.3, -0.25) is 0 Å². The standard InChI is InChI=1S/C10H21OP/c1-3-7-12(11,8-4-2)9-10-5-6-10/h10H,3-9H2,1-2H3. The van der Waals surface area contributed by atoms with Crippen molar-refractivity contribution in [2.45, 2.75) is 39.5 Å². The van der Waals surface area contributed by atoms with Gasteiger partial charge < -0.3 is 4.57 Å². The maximum atomic E-state index is 12.3. The van der Waals surface area contributed by atoms with Gasteiger partial charge in [-0.2, -0.15) is 0 Å². The fraction of sp³-hybridized carbons (Fsp3) is 1.00. The first-order chi connectivity index (χ1) is 5.70. The van der Waals surface area contributed by atoms with Gasteiger partial charge in [-0.25, -0.2) is 0 Å². The minimum Gasteiger partial charge on any atom is -0.324 e. The average molecular weight is 188 g/mol. The summed E-state index contributed by atoms with van der Waals surface area (Å²) in [6, 6.07) is 0. The van der Waals surface area contributed by atoms with Gasteiger partial charge in [0.15, 0.2) is 0 Å². The van der Waals surface area contributed by atoms with E-state index in [0.29, 0.717) is 0 Å². The van der Waals surface area contributed by atoms with Gasteiger partial charge in [-0.1, -0.05) is 13.8 Å². The zero-order valence-corrected chi connectivity index (χ0v) is 9.28. The molecule has 0 radical (unpaired) electrons. The highest BCUT2D eigenvalue weighted by Crippen LogP contribution is 2.52. The third-order valence-electron chi connectivity index (χ3n) is 2.55. The van der Waals surface area contributed by atoms with Crippen molar-refractivity contribution in [2.24, 2.45) is 5.92 Å². The van der Waals surface area contributed by atoms with Gasteiger partial charge in [0.1, 0.15) is 0 Å². The monoisotopic (exact) mass is 188 g/mol. The Bertz CT molecular complexity index is 163. The van der Waals surface area contributed by atoms with Crippen LogP contribution < -0.4 is 0 Å². The van der Waals surface area contributed by atoms with E-state index in [4.69, 9.17) is 0 Å². The lowest BCUT2D eigenvalue weighted by Crippen LogP contribution is -2.00. The van der Waals surface area contributed by atoms with Crippen LogP contribution in [0.4, 0.5) is 0 Å². The molecule has 0 heterocycles. The van der Waals surface area contributed by atoms with Crippen LogP contribution in [0.3, 0.4) is 0 Å². The van der Waals surface area contributed by atoms with Gasteiger partial charge in [0.25, 0.3) is 0 Å². The summed E-state index contributed by atoms with van der Waals surface area (Å²) in [4.78, 5) is 0. The topological polar surface area (TPSA) is 17.1 Å². The molecular weight excluding hydrogens is 167 g/mol. The Balaban J connectivity index is 2.38. The maximum absolute atomic E-state index is 12.3. The molecule has 1 rings (SSSR count). The highest BCUT2D eigenvalue weighted by atomic mass is 31.2. The molecule has 0 bridgehead atoms. The Kier molecular flexibility index (Phi) is 3.83. The van der Waals surface area contributed by atoms with Crippen molar-refractivity contribution < 1.29 is 4.57 Å². The van der Waals surface area contributed by atoms with Crippen LogP contribution in [0.1, 0.15) is 39.5 Å². The molecule has 1 aliphatic rings. The van der Waals surface area contributed by atoms with Crippen molar-refractivity contribution in [3.8, 4) is 0 Å². The molecule has 2 heteroatoms. The third kappa shape index (κ3) is 3.31. The first-order valence-corrected chi connectivity index (χ1v) is 7.53. The van der Waals surface area contributed by atoms with Gasteiger partial charge in [-0.15, -0.1) is 0 Å². The summed E-state index contributed by atoms with van der Waals surface area (Å²) in [5.41, 5.74) is 0. The Morgan fingerprint density at radius 1 is 1.17 bits per heavy atom. The summed E-state index contributed by atoms with van der Waals surface area (Å²) in [5, 5.41) is 0. The number of hydrogen-bond acceptors (Lipinski definition) is 1. The second kappa shape index (κ2) is 4.46. The highest BCUT2D eigenvalue weighted by Gasteiger charge is 2.30. The molecule has 0 aromatic rings. The molecule has 0 amide bonds. The molecule has 72 valence electrons. The van der Waals surface area contributed by atoms with Crippen LogP contribution in [0, 0.1) is 5.92 Å². The molecular formula is C10H21OP. The molecule has 12 heavy (non-hydrogen) atoms. The molecule has 1 fully saturated rings. The van der Waals surface area contributed by atoms with Crippen molar-refractivity contribution in [3.63, 3.8) is 0 Å². The van der Waals surface area contributed by atoms with Gasteiger partial charge in [0.2, 0.25) is 0 Å². The van der Waals surface area contributed by atoms with Gasteiger partial charge in [-0.05, 0) is 31.6 Å². The molecule has 1 nitrogen and oxygen atoms in total. The normalized spacial score (nSPS) is 18.2. The highest BCUT2D eigenvalue weighted by molar-refractivity contribution is 7.63. The van der Waals surface area contributed by atoms with Crippen molar-refractivity contribution in [2.75, 3.05) is 18.5 Å². The Hall–Kier alpha value is 0.230. The van der Waals surface area contributed by atoms with E-state index < -0.39 is 7.14 Å². The summed E-state index contributed by atoms with van der Waals surface area (Å²) < 4.78 is 12.3. The van der Waals surface area contributed by atoms with Gasteiger partial charge in [0.05, 0.1) is 7.14 Å². The second-order valence-electron chi connectivity index (χ2n) is 4.13. The number of hydrogen-bond donors (Lipinski definition) is 0. The van der Waals surface area contributed by atoms with E-state index in [9.17, 15) is 4.57 Å². The lowest BCUT2D eigenvalue weighted by molar-refractivity contribution is 0.569. The zero-order chi connectivity index (χ0) is 9.03. The third-order valence-corrected chi connectivity index (χ3v) is 6.26. The summed E-state index contributed by atoms with van der Waals surface area (Å²) >= 11 is 0. The predicted octanol–water partition coefficient (Wildman–Crippen LogP) is 3.58. The van der Waals surface area contributed by atoms with Crippen LogP contribution in [0.15, 0.2) is 0 Å². The average Bonchev–Trinajstić information content (AvgIpc) is 2.72. The summed E-state index contributed by atoms with van der Waals surface area (Å²) in [5.74, 6) is 0.842. The molecule has 0 N–H and O–H groups in total. The van der Waals surface area contributed by atoms with Crippen LogP contribution in [-0.4, -0.2) is 18.5 Å². The Morgan fingerprint density at radius 3 is 2.00 bits per heavy atom.